The monoisotopic (exact) mass is 429 g/mol. The summed E-state index contributed by atoms with van der Waals surface area (Å²) in [6, 6.07) is 6.75. The lowest BCUT2D eigenvalue weighted by Gasteiger charge is -2.17. The maximum Gasteiger partial charge on any atom is 0.242 e. The molecule has 0 aliphatic heterocycles. The number of amides is 3. The molecule has 3 amide bonds. The van der Waals surface area contributed by atoms with Crippen LogP contribution >= 0.6 is 27.7 Å². The Bertz CT molecular complexity index is 613. The summed E-state index contributed by atoms with van der Waals surface area (Å²) in [5, 5.41) is 8.20. The normalized spacial score (nSPS) is 12.8. The van der Waals surface area contributed by atoms with Gasteiger partial charge in [-0.1, -0.05) is 28.9 Å². The first-order chi connectivity index (χ1) is 11.8. The lowest BCUT2D eigenvalue weighted by molar-refractivity contribution is -0.127. The minimum Gasteiger partial charge on any atom is -0.352 e. The fourth-order valence-corrected chi connectivity index (χ4v) is 2.85. The minimum absolute atomic E-state index is 0.0722. The van der Waals surface area contributed by atoms with Crippen molar-refractivity contribution in [2.45, 2.75) is 39.3 Å². The van der Waals surface area contributed by atoms with Crippen LogP contribution < -0.4 is 16.0 Å². The highest BCUT2D eigenvalue weighted by molar-refractivity contribution is 9.10. The summed E-state index contributed by atoms with van der Waals surface area (Å²) in [4.78, 5) is 35.6. The predicted octanol–water partition coefficient (Wildman–Crippen LogP) is 2.54. The fourth-order valence-electron chi connectivity index (χ4n) is 1.82. The smallest absolute Gasteiger partial charge is 0.242 e. The maximum absolute atomic E-state index is 11.9. The molecule has 2 atom stereocenters. The second kappa shape index (κ2) is 11.1. The van der Waals surface area contributed by atoms with E-state index in [1.54, 1.807) is 19.1 Å². The summed E-state index contributed by atoms with van der Waals surface area (Å²) >= 11 is 4.53. The Labute approximate surface area is 161 Å². The number of benzene rings is 1. The number of carbonyl (C=O) groups is 3. The van der Waals surface area contributed by atoms with E-state index in [-0.39, 0.29) is 35.3 Å². The number of hydrogen-bond acceptors (Lipinski definition) is 4. The van der Waals surface area contributed by atoms with Crippen molar-refractivity contribution < 1.29 is 14.4 Å². The zero-order valence-corrected chi connectivity index (χ0v) is 17.0. The topological polar surface area (TPSA) is 87.3 Å². The van der Waals surface area contributed by atoms with Gasteiger partial charge in [-0.25, -0.2) is 0 Å². The van der Waals surface area contributed by atoms with Crippen LogP contribution in [-0.2, 0) is 14.4 Å². The first-order valence-electron chi connectivity index (χ1n) is 8.04. The average Bonchev–Trinajstić information content (AvgIpc) is 2.54. The summed E-state index contributed by atoms with van der Waals surface area (Å²) in [6.07, 6.45) is 0.829. The number of hydrogen-bond donors (Lipinski definition) is 3. The zero-order valence-electron chi connectivity index (χ0n) is 14.6. The second-order valence-electron chi connectivity index (χ2n) is 5.66. The van der Waals surface area contributed by atoms with E-state index < -0.39 is 6.04 Å². The van der Waals surface area contributed by atoms with E-state index in [0.29, 0.717) is 5.69 Å². The molecule has 1 aromatic carbocycles. The molecule has 0 heterocycles. The Hall–Kier alpha value is -1.54. The molecule has 25 heavy (non-hydrogen) atoms. The largest absolute Gasteiger partial charge is 0.352 e. The fraction of sp³-hybridized carbons (Fsp3) is 0.471. The molecule has 8 heteroatoms. The highest BCUT2D eigenvalue weighted by Crippen LogP contribution is 2.15. The molecule has 0 saturated carbocycles. The van der Waals surface area contributed by atoms with Crippen LogP contribution in [0.15, 0.2) is 28.7 Å². The Morgan fingerprint density at radius 3 is 2.44 bits per heavy atom. The van der Waals surface area contributed by atoms with Gasteiger partial charge in [-0.2, -0.15) is 0 Å². The van der Waals surface area contributed by atoms with Gasteiger partial charge in [-0.3, -0.25) is 14.4 Å². The van der Waals surface area contributed by atoms with Crippen LogP contribution in [0.1, 0.15) is 27.2 Å². The Morgan fingerprint density at radius 1 is 1.12 bits per heavy atom. The number of nitrogens with one attached hydrogen (secondary N) is 3. The lowest BCUT2D eigenvalue weighted by atomic mass is 10.2. The van der Waals surface area contributed by atoms with E-state index in [1.807, 2.05) is 26.0 Å². The number of anilines is 1. The van der Waals surface area contributed by atoms with Crippen molar-refractivity contribution in [1.29, 1.82) is 0 Å². The number of rotatable bonds is 9. The van der Waals surface area contributed by atoms with Crippen molar-refractivity contribution in [3.63, 3.8) is 0 Å². The summed E-state index contributed by atoms with van der Waals surface area (Å²) in [7, 11) is 0. The lowest BCUT2D eigenvalue weighted by Crippen LogP contribution is -2.47. The van der Waals surface area contributed by atoms with Gasteiger partial charge in [0, 0.05) is 16.2 Å². The molecule has 1 rings (SSSR count). The highest BCUT2D eigenvalue weighted by atomic mass is 79.9. The quantitative estimate of drug-likeness (QED) is 0.562. The number of halogens is 1. The van der Waals surface area contributed by atoms with Crippen molar-refractivity contribution in [2.75, 3.05) is 16.8 Å². The van der Waals surface area contributed by atoms with Crippen LogP contribution in [0.3, 0.4) is 0 Å². The SMILES string of the molecule is CCC(C)NC(=O)C(C)NC(=O)CSCC(=O)Nc1cccc(Br)c1. The molecule has 0 aliphatic carbocycles. The summed E-state index contributed by atoms with van der Waals surface area (Å²) < 4.78 is 0.877. The van der Waals surface area contributed by atoms with E-state index in [2.05, 4.69) is 31.9 Å². The molecule has 2 unspecified atom stereocenters. The van der Waals surface area contributed by atoms with Gasteiger partial charge in [0.25, 0.3) is 0 Å². The number of carbonyl (C=O) groups excluding carboxylic acids is 3. The average molecular weight is 430 g/mol. The molecular weight excluding hydrogens is 406 g/mol. The van der Waals surface area contributed by atoms with Crippen LogP contribution in [0.4, 0.5) is 5.69 Å². The third-order valence-electron chi connectivity index (χ3n) is 3.35. The molecule has 0 radical (unpaired) electrons. The van der Waals surface area contributed by atoms with E-state index in [9.17, 15) is 14.4 Å². The molecule has 138 valence electrons. The molecular formula is C17H24BrN3O3S. The van der Waals surface area contributed by atoms with E-state index in [4.69, 9.17) is 0 Å². The Morgan fingerprint density at radius 2 is 1.80 bits per heavy atom. The van der Waals surface area contributed by atoms with Crippen LogP contribution in [0.2, 0.25) is 0 Å². The standard InChI is InChI=1S/C17H24BrN3O3S/c1-4-11(2)19-17(24)12(3)20-15(22)9-25-10-16(23)21-14-7-5-6-13(18)8-14/h5-8,11-12H,4,9-10H2,1-3H3,(H,19,24)(H,20,22)(H,21,23). The van der Waals surface area contributed by atoms with Crippen LogP contribution in [0.25, 0.3) is 0 Å². The first kappa shape index (κ1) is 21.5. The second-order valence-corrected chi connectivity index (χ2v) is 7.56. The van der Waals surface area contributed by atoms with Crippen LogP contribution in [0.5, 0.6) is 0 Å². The van der Waals surface area contributed by atoms with Gasteiger partial charge in [-0.15, -0.1) is 11.8 Å². The molecule has 3 N–H and O–H groups in total. The molecule has 0 saturated heterocycles. The van der Waals surface area contributed by atoms with E-state index in [0.717, 1.165) is 10.9 Å². The Kier molecular flexibility index (Phi) is 9.59. The summed E-state index contributed by atoms with van der Waals surface area (Å²) in [5.74, 6) is -0.383. The van der Waals surface area contributed by atoms with Crippen molar-refractivity contribution in [3.05, 3.63) is 28.7 Å². The molecule has 0 spiro atoms. The molecule has 6 nitrogen and oxygen atoms in total. The van der Waals surface area contributed by atoms with Crippen molar-refractivity contribution in [3.8, 4) is 0 Å². The van der Waals surface area contributed by atoms with Gasteiger partial charge < -0.3 is 16.0 Å². The van der Waals surface area contributed by atoms with E-state index in [1.165, 1.54) is 11.8 Å². The Balaban J connectivity index is 2.27. The van der Waals surface area contributed by atoms with Gasteiger partial charge >= 0.3 is 0 Å². The van der Waals surface area contributed by atoms with Gasteiger partial charge in [0.2, 0.25) is 17.7 Å². The molecule has 0 bridgehead atoms. The molecule has 0 aliphatic rings. The summed E-state index contributed by atoms with van der Waals surface area (Å²) in [5.41, 5.74) is 0.694. The van der Waals surface area contributed by atoms with Crippen LogP contribution in [0, 0.1) is 0 Å². The highest BCUT2D eigenvalue weighted by Gasteiger charge is 2.17. The van der Waals surface area contributed by atoms with E-state index >= 15 is 0 Å². The van der Waals surface area contributed by atoms with Crippen molar-refractivity contribution >= 4 is 51.1 Å². The minimum atomic E-state index is -0.599. The van der Waals surface area contributed by atoms with Gasteiger partial charge in [0.1, 0.15) is 6.04 Å². The third kappa shape index (κ3) is 8.92. The van der Waals surface area contributed by atoms with Gasteiger partial charge in [0.15, 0.2) is 0 Å². The van der Waals surface area contributed by atoms with Crippen molar-refractivity contribution in [1.82, 2.24) is 10.6 Å². The summed E-state index contributed by atoms with van der Waals surface area (Å²) in [6.45, 7) is 5.52. The van der Waals surface area contributed by atoms with Crippen LogP contribution in [-0.4, -0.2) is 41.3 Å². The van der Waals surface area contributed by atoms with Crippen molar-refractivity contribution in [2.24, 2.45) is 0 Å². The predicted molar refractivity (Wildman–Crippen MR) is 106 cm³/mol. The maximum atomic E-state index is 11.9. The molecule has 0 fully saturated rings. The first-order valence-corrected chi connectivity index (χ1v) is 9.99. The molecule has 1 aromatic rings. The van der Waals surface area contributed by atoms with Gasteiger partial charge in [-0.05, 0) is 38.5 Å². The molecule has 0 aromatic heterocycles. The van der Waals surface area contributed by atoms with Gasteiger partial charge in [0.05, 0.1) is 11.5 Å². The number of thioether (sulfide) groups is 1. The zero-order chi connectivity index (χ0) is 18.8. The third-order valence-corrected chi connectivity index (χ3v) is 4.77.